The van der Waals surface area contributed by atoms with Crippen LogP contribution in [0.5, 0.6) is 17.2 Å². The maximum Gasteiger partial charge on any atom is 0.238 e. The van der Waals surface area contributed by atoms with Crippen molar-refractivity contribution in [1.82, 2.24) is 4.90 Å². The zero-order valence-corrected chi connectivity index (χ0v) is 16.0. The summed E-state index contributed by atoms with van der Waals surface area (Å²) in [5, 5.41) is 2.95. The molecule has 1 aliphatic carbocycles. The van der Waals surface area contributed by atoms with E-state index in [2.05, 4.69) is 10.2 Å². The van der Waals surface area contributed by atoms with E-state index in [0.717, 1.165) is 30.7 Å². The number of nitrogens with one attached hydrogen (secondary N) is 1. The van der Waals surface area contributed by atoms with Gasteiger partial charge in [0.05, 0.1) is 33.6 Å². The van der Waals surface area contributed by atoms with Crippen molar-refractivity contribution in [1.29, 1.82) is 0 Å². The number of carbonyl (C=O) groups is 1. The van der Waals surface area contributed by atoms with E-state index in [4.69, 9.17) is 14.2 Å². The number of hydrogen-bond donors (Lipinski definition) is 1. The summed E-state index contributed by atoms with van der Waals surface area (Å²) in [6.07, 6.45) is 2.26. The van der Waals surface area contributed by atoms with Crippen molar-refractivity contribution in [3.05, 3.63) is 48.0 Å². The highest BCUT2D eigenvalue weighted by atomic mass is 16.5. The fraction of sp³-hybridized carbons (Fsp3) is 0.381. The van der Waals surface area contributed by atoms with Crippen molar-refractivity contribution in [3.63, 3.8) is 0 Å². The third-order valence-electron chi connectivity index (χ3n) is 4.64. The van der Waals surface area contributed by atoms with E-state index in [1.165, 1.54) is 0 Å². The lowest BCUT2D eigenvalue weighted by molar-refractivity contribution is -0.117. The summed E-state index contributed by atoms with van der Waals surface area (Å²) in [5.74, 6) is 2.04. The molecule has 3 rings (SSSR count). The number of rotatable bonds is 9. The predicted octanol–water partition coefficient (Wildman–Crippen LogP) is 3.32. The van der Waals surface area contributed by atoms with Gasteiger partial charge in [0.15, 0.2) is 0 Å². The molecule has 6 nitrogen and oxygen atoms in total. The third-order valence-corrected chi connectivity index (χ3v) is 4.64. The van der Waals surface area contributed by atoms with E-state index >= 15 is 0 Å². The summed E-state index contributed by atoms with van der Waals surface area (Å²) in [5.41, 5.74) is 1.77. The molecule has 144 valence electrons. The summed E-state index contributed by atoms with van der Waals surface area (Å²) in [7, 11) is 4.83. The van der Waals surface area contributed by atoms with Crippen LogP contribution in [0.25, 0.3) is 0 Å². The average Bonchev–Trinajstić information content (AvgIpc) is 3.53. The molecule has 1 saturated carbocycles. The van der Waals surface area contributed by atoms with Gasteiger partial charge in [-0.15, -0.1) is 0 Å². The molecule has 0 saturated heterocycles. The minimum Gasteiger partial charge on any atom is -0.497 e. The fourth-order valence-corrected chi connectivity index (χ4v) is 3.01. The van der Waals surface area contributed by atoms with Crippen LogP contribution in [-0.4, -0.2) is 44.7 Å². The van der Waals surface area contributed by atoms with Gasteiger partial charge >= 0.3 is 0 Å². The van der Waals surface area contributed by atoms with E-state index in [9.17, 15) is 4.79 Å². The number of benzene rings is 2. The second-order valence-electron chi connectivity index (χ2n) is 6.60. The van der Waals surface area contributed by atoms with Crippen LogP contribution in [0.4, 0.5) is 5.69 Å². The van der Waals surface area contributed by atoms with Crippen LogP contribution in [0.1, 0.15) is 18.4 Å². The molecule has 1 N–H and O–H groups in total. The Morgan fingerprint density at radius 2 is 1.67 bits per heavy atom. The van der Waals surface area contributed by atoms with E-state index in [1.54, 1.807) is 39.5 Å². The van der Waals surface area contributed by atoms with Gasteiger partial charge in [0.1, 0.15) is 17.2 Å². The van der Waals surface area contributed by atoms with E-state index in [1.807, 2.05) is 24.3 Å². The second-order valence-corrected chi connectivity index (χ2v) is 6.60. The van der Waals surface area contributed by atoms with Gasteiger partial charge < -0.3 is 19.5 Å². The van der Waals surface area contributed by atoms with Crippen molar-refractivity contribution < 1.29 is 19.0 Å². The molecule has 27 heavy (non-hydrogen) atoms. The number of methoxy groups -OCH3 is 3. The molecule has 0 unspecified atom stereocenters. The Kier molecular flexibility index (Phi) is 6.19. The molecule has 6 heteroatoms. The van der Waals surface area contributed by atoms with E-state index in [-0.39, 0.29) is 5.91 Å². The van der Waals surface area contributed by atoms with Crippen LogP contribution in [0, 0.1) is 0 Å². The Morgan fingerprint density at radius 3 is 2.26 bits per heavy atom. The monoisotopic (exact) mass is 370 g/mol. The largest absolute Gasteiger partial charge is 0.497 e. The zero-order valence-electron chi connectivity index (χ0n) is 16.0. The topological polar surface area (TPSA) is 60.0 Å². The summed E-state index contributed by atoms with van der Waals surface area (Å²) >= 11 is 0. The van der Waals surface area contributed by atoms with Gasteiger partial charge in [0.25, 0.3) is 0 Å². The molecule has 2 aromatic rings. The summed E-state index contributed by atoms with van der Waals surface area (Å²) in [6, 6.07) is 13.8. The van der Waals surface area contributed by atoms with Crippen LogP contribution in [0.2, 0.25) is 0 Å². The van der Waals surface area contributed by atoms with Crippen molar-refractivity contribution in [2.24, 2.45) is 0 Å². The lowest BCUT2D eigenvalue weighted by Gasteiger charge is -2.22. The van der Waals surface area contributed by atoms with Crippen LogP contribution >= 0.6 is 0 Å². The molecular formula is C21H26N2O4. The molecule has 0 spiro atoms. The molecular weight excluding hydrogens is 344 g/mol. The molecule has 0 heterocycles. The van der Waals surface area contributed by atoms with Gasteiger partial charge in [-0.3, -0.25) is 9.69 Å². The lowest BCUT2D eigenvalue weighted by Crippen LogP contribution is -2.34. The Labute approximate surface area is 160 Å². The number of anilines is 1. The first-order chi connectivity index (χ1) is 13.1. The first-order valence-electron chi connectivity index (χ1n) is 9.01. The number of nitrogens with zero attached hydrogens (tertiary/aromatic N) is 1. The molecule has 1 amide bonds. The van der Waals surface area contributed by atoms with Crippen LogP contribution in [0.3, 0.4) is 0 Å². The van der Waals surface area contributed by atoms with Crippen molar-refractivity contribution >= 4 is 11.6 Å². The molecule has 0 aromatic heterocycles. The van der Waals surface area contributed by atoms with Crippen molar-refractivity contribution in [3.8, 4) is 17.2 Å². The molecule has 2 aromatic carbocycles. The minimum atomic E-state index is -0.0676. The highest BCUT2D eigenvalue weighted by molar-refractivity contribution is 5.94. The summed E-state index contributed by atoms with van der Waals surface area (Å²) in [6.45, 7) is 1.06. The lowest BCUT2D eigenvalue weighted by atomic mass is 10.2. The summed E-state index contributed by atoms with van der Waals surface area (Å²) < 4.78 is 15.8. The van der Waals surface area contributed by atoms with Crippen molar-refractivity contribution in [2.75, 3.05) is 33.2 Å². The highest BCUT2D eigenvalue weighted by Crippen LogP contribution is 2.30. The first kappa shape index (κ1) is 19.0. The molecule has 1 fully saturated rings. The maximum atomic E-state index is 12.6. The molecule has 1 aliphatic rings. The minimum absolute atomic E-state index is 0.0676. The Morgan fingerprint density at radius 1 is 1.00 bits per heavy atom. The number of ether oxygens (including phenoxy) is 3. The molecule has 0 radical (unpaired) electrons. The number of hydrogen-bond acceptors (Lipinski definition) is 5. The van der Waals surface area contributed by atoms with E-state index < -0.39 is 0 Å². The Balaban J connectivity index is 1.65. The quantitative estimate of drug-likeness (QED) is 0.734. The SMILES string of the molecule is COc1ccc(CN(CC(=O)Nc2cc(OC)ccc2OC)C2CC2)cc1. The van der Waals surface area contributed by atoms with Crippen LogP contribution < -0.4 is 19.5 Å². The highest BCUT2D eigenvalue weighted by Gasteiger charge is 2.30. The zero-order chi connectivity index (χ0) is 19.2. The van der Waals surface area contributed by atoms with Gasteiger partial charge in [0.2, 0.25) is 5.91 Å². The Hall–Kier alpha value is -2.73. The second kappa shape index (κ2) is 8.77. The predicted molar refractivity (Wildman–Crippen MR) is 105 cm³/mol. The van der Waals surface area contributed by atoms with Gasteiger partial charge in [-0.1, -0.05) is 12.1 Å². The molecule has 0 bridgehead atoms. The van der Waals surface area contributed by atoms with E-state index in [0.29, 0.717) is 29.8 Å². The number of carbonyl (C=O) groups excluding carboxylic acids is 1. The van der Waals surface area contributed by atoms with Crippen molar-refractivity contribution in [2.45, 2.75) is 25.4 Å². The van der Waals surface area contributed by atoms with Gasteiger partial charge in [-0.05, 0) is 42.7 Å². The first-order valence-corrected chi connectivity index (χ1v) is 9.01. The summed E-state index contributed by atoms with van der Waals surface area (Å²) in [4.78, 5) is 14.9. The average molecular weight is 370 g/mol. The van der Waals surface area contributed by atoms with Crippen LogP contribution in [-0.2, 0) is 11.3 Å². The Bertz CT molecular complexity index is 772. The van der Waals surface area contributed by atoms with Gasteiger partial charge in [0, 0.05) is 18.7 Å². The third kappa shape index (κ3) is 5.14. The normalized spacial score (nSPS) is 13.3. The van der Waals surface area contributed by atoms with Crippen LogP contribution in [0.15, 0.2) is 42.5 Å². The fourth-order valence-electron chi connectivity index (χ4n) is 3.01. The maximum absolute atomic E-state index is 12.6. The van der Waals surface area contributed by atoms with Gasteiger partial charge in [-0.25, -0.2) is 0 Å². The standard InChI is InChI=1S/C21H26N2O4/c1-25-17-8-4-15(5-9-17)13-23(16-6-7-16)14-21(24)22-19-12-18(26-2)10-11-20(19)27-3/h4-5,8-12,16H,6-7,13-14H2,1-3H3,(H,22,24). The van der Waals surface area contributed by atoms with Gasteiger partial charge in [-0.2, -0.15) is 0 Å². The molecule has 0 atom stereocenters. The molecule has 0 aliphatic heterocycles. The number of amides is 1. The smallest absolute Gasteiger partial charge is 0.238 e.